The topological polar surface area (TPSA) is 45.7 Å². The van der Waals surface area contributed by atoms with Gasteiger partial charge < -0.3 is 15.4 Å². The molecule has 0 bridgehead atoms. The van der Waals surface area contributed by atoms with Gasteiger partial charge in [-0.1, -0.05) is 50.2 Å². The number of guanidine groups is 1. The van der Waals surface area contributed by atoms with E-state index in [1.807, 2.05) is 18.4 Å². The van der Waals surface area contributed by atoms with Crippen LogP contribution in [0.25, 0.3) is 0 Å². The van der Waals surface area contributed by atoms with Gasteiger partial charge in [0.05, 0.1) is 0 Å². The summed E-state index contributed by atoms with van der Waals surface area (Å²) in [4.78, 5) is 5.83. The number of thiophene rings is 1. The Morgan fingerprint density at radius 1 is 1.11 bits per heavy atom. The zero-order valence-electron chi connectivity index (χ0n) is 16.6. The molecule has 4 nitrogen and oxygen atoms in total. The highest BCUT2D eigenvalue weighted by molar-refractivity contribution is 7.10. The maximum absolute atomic E-state index is 5.64. The van der Waals surface area contributed by atoms with Crippen LogP contribution in [0.2, 0.25) is 0 Å². The largest absolute Gasteiger partial charge is 0.381 e. The average Bonchev–Trinajstić information content (AvgIpc) is 3.25. The Hall–Kier alpha value is -1.85. The summed E-state index contributed by atoms with van der Waals surface area (Å²) in [5.41, 5.74) is 1.55. The Labute approximate surface area is 167 Å². The van der Waals surface area contributed by atoms with Crippen molar-refractivity contribution in [2.45, 2.75) is 37.5 Å². The van der Waals surface area contributed by atoms with Gasteiger partial charge in [0.2, 0.25) is 0 Å². The molecule has 2 aromatic rings. The van der Waals surface area contributed by atoms with Gasteiger partial charge in [0.1, 0.15) is 0 Å². The fourth-order valence-electron chi connectivity index (χ4n) is 3.65. The number of ether oxygens (including phenoxy) is 1. The van der Waals surface area contributed by atoms with Gasteiger partial charge in [0.25, 0.3) is 0 Å². The molecule has 2 heterocycles. The Kier molecular flexibility index (Phi) is 6.55. The third kappa shape index (κ3) is 4.90. The highest BCUT2D eigenvalue weighted by atomic mass is 32.1. The van der Waals surface area contributed by atoms with Crippen molar-refractivity contribution in [1.29, 1.82) is 0 Å². The fraction of sp³-hybridized carbons (Fsp3) is 0.500. The van der Waals surface area contributed by atoms with Gasteiger partial charge in [0.15, 0.2) is 5.96 Å². The summed E-state index contributed by atoms with van der Waals surface area (Å²) >= 11 is 1.81. The van der Waals surface area contributed by atoms with E-state index in [0.29, 0.717) is 0 Å². The van der Waals surface area contributed by atoms with Gasteiger partial charge in [0, 0.05) is 49.1 Å². The lowest BCUT2D eigenvalue weighted by molar-refractivity contribution is 0.0514. The van der Waals surface area contributed by atoms with Crippen molar-refractivity contribution in [2.24, 2.45) is 4.99 Å². The van der Waals surface area contributed by atoms with E-state index >= 15 is 0 Å². The van der Waals surface area contributed by atoms with Crippen LogP contribution in [-0.2, 0) is 15.6 Å². The molecule has 0 radical (unpaired) electrons. The second kappa shape index (κ2) is 8.89. The molecule has 3 rings (SSSR count). The standard InChI is InChI=1S/C22H31N3OS/c1-21(2,19-10-7-15-27-19)16-24-20(23-3)25-17-22(11-13-26-14-12-22)18-8-5-4-6-9-18/h4-10,15H,11-14,16-17H2,1-3H3,(H2,23,24,25). The van der Waals surface area contributed by atoms with Crippen LogP contribution in [0.3, 0.4) is 0 Å². The van der Waals surface area contributed by atoms with E-state index < -0.39 is 0 Å². The number of nitrogens with one attached hydrogen (secondary N) is 2. The molecular formula is C22H31N3OS. The van der Waals surface area contributed by atoms with Gasteiger partial charge in [-0.15, -0.1) is 11.3 Å². The summed E-state index contributed by atoms with van der Waals surface area (Å²) in [5.74, 6) is 0.862. The first kappa shape index (κ1) is 19.9. The minimum atomic E-state index is 0.0710. The zero-order valence-corrected chi connectivity index (χ0v) is 17.4. The van der Waals surface area contributed by atoms with E-state index in [-0.39, 0.29) is 10.8 Å². The van der Waals surface area contributed by atoms with Crippen LogP contribution >= 0.6 is 11.3 Å². The van der Waals surface area contributed by atoms with Crippen LogP contribution in [0.1, 0.15) is 37.1 Å². The van der Waals surface area contributed by atoms with E-state index in [1.54, 1.807) is 0 Å². The van der Waals surface area contributed by atoms with E-state index in [1.165, 1.54) is 10.4 Å². The average molecular weight is 386 g/mol. The third-order valence-electron chi connectivity index (χ3n) is 5.54. The highest BCUT2D eigenvalue weighted by Crippen LogP contribution is 2.34. The minimum Gasteiger partial charge on any atom is -0.381 e. The zero-order chi connectivity index (χ0) is 19.2. The predicted octanol–water partition coefficient (Wildman–Crippen LogP) is 3.94. The molecule has 1 saturated heterocycles. The first-order valence-corrected chi connectivity index (χ1v) is 10.6. The normalized spacial score (nSPS) is 17.5. The number of aliphatic imine (C=N–C) groups is 1. The van der Waals surface area contributed by atoms with Crippen molar-refractivity contribution in [3.63, 3.8) is 0 Å². The summed E-state index contributed by atoms with van der Waals surface area (Å²) in [6.45, 7) is 7.86. The van der Waals surface area contributed by atoms with Crippen LogP contribution in [0.4, 0.5) is 0 Å². The summed E-state index contributed by atoms with van der Waals surface area (Å²) < 4.78 is 5.64. The molecule has 0 spiro atoms. The Morgan fingerprint density at radius 3 is 2.48 bits per heavy atom. The lowest BCUT2D eigenvalue weighted by Crippen LogP contribution is -2.49. The summed E-state index contributed by atoms with van der Waals surface area (Å²) in [5, 5.41) is 9.24. The first-order chi connectivity index (χ1) is 13.1. The summed E-state index contributed by atoms with van der Waals surface area (Å²) in [7, 11) is 1.84. The Morgan fingerprint density at radius 2 is 1.85 bits per heavy atom. The molecule has 1 aromatic heterocycles. The predicted molar refractivity (Wildman–Crippen MR) is 115 cm³/mol. The number of benzene rings is 1. The van der Waals surface area contributed by atoms with Crippen molar-refractivity contribution in [2.75, 3.05) is 33.4 Å². The third-order valence-corrected chi connectivity index (χ3v) is 6.78. The van der Waals surface area contributed by atoms with Crippen LogP contribution in [-0.4, -0.2) is 39.3 Å². The van der Waals surface area contributed by atoms with Gasteiger partial charge in [-0.25, -0.2) is 0 Å². The SMILES string of the molecule is CN=C(NCC(C)(C)c1cccs1)NCC1(c2ccccc2)CCOCC1. The quantitative estimate of drug-likeness (QED) is 0.585. The van der Waals surface area contributed by atoms with E-state index in [2.05, 4.69) is 77.3 Å². The monoisotopic (exact) mass is 385 g/mol. The van der Waals surface area contributed by atoms with Crippen molar-refractivity contribution in [1.82, 2.24) is 10.6 Å². The lowest BCUT2D eigenvalue weighted by atomic mass is 9.74. The fourth-order valence-corrected chi connectivity index (χ4v) is 4.50. The molecule has 1 fully saturated rings. The Balaban J connectivity index is 1.63. The van der Waals surface area contributed by atoms with Crippen LogP contribution in [0.15, 0.2) is 52.8 Å². The maximum Gasteiger partial charge on any atom is 0.191 e. The number of hydrogen-bond donors (Lipinski definition) is 2. The second-order valence-corrected chi connectivity index (χ2v) is 8.85. The van der Waals surface area contributed by atoms with E-state index in [9.17, 15) is 0 Å². The van der Waals surface area contributed by atoms with Gasteiger partial charge in [-0.2, -0.15) is 0 Å². The van der Waals surface area contributed by atoms with Gasteiger partial charge in [-0.05, 0) is 29.9 Å². The lowest BCUT2D eigenvalue weighted by Gasteiger charge is -2.38. The van der Waals surface area contributed by atoms with Crippen LogP contribution < -0.4 is 10.6 Å². The summed E-state index contributed by atoms with van der Waals surface area (Å²) in [6, 6.07) is 15.1. The molecule has 0 amide bonds. The molecule has 0 atom stereocenters. The molecule has 0 aliphatic carbocycles. The molecule has 5 heteroatoms. The molecule has 1 aliphatic heterocycles. The van der Waals surface area contributed by atoms with Gasteiger partial charge in [-0.3, -0.25) is 4.99 Å². The van der Waals surface area contributed by atoms with E-state index in [0.717, 1.165) is 45.1 Å². The molecule has 0 saturated carbocycles. The molecule has 1 aliphatic rings. The molecule has 146 valence electrons. The molecule has 1 aromatic carbocycles. The Bertz CT molecular complexity index is 719. The number of hydrogen-bond acceptors (Lipinski definition) is 3. The van der Waals surface area contributed by atoms with Crippen molar-refractivity contribution >= 4 is 17.3 Å². The van der Waals surface area contributed by atoms with E-state index in [4.69, 9.17) is 4.74 Å². The van der Waals surface area contributed by atoms with Gasteiger partial charge >= 0.3 is 0 Å². The first-order valence-electron chi connectivity index (χ1n) is 9.68. The van der Waals surface area contributed by atoms with Crippen molar-refractivity contribution in [3.8, 4) is 0 Å². The number of rotatable bonds is 6. The van der Waals surface area contributed by atoms with Crippen LogP contribution in [0.5, 0.6) is 0 Å². The van der Waals surface area contributed by atoms with Crippen molar-refractivity contribution in [3.05, 3.63) is 58.3 Å². The summed E-state index contributed by atoms with van der Waals surface area (Å²) in [6.07, 6.45) is 2.06. The molecular weight excluding hydrogens is 354 g/mol. The second-order valence-electron chi connectivity index (χ2n) is 7.90. The number of nitrogens with zero attached hydrogens (tertiary/aromatic N) is 1. The maximum atomic E-state index is 5.64. The smallest absolute Gasteiger partial charge is 0.191 e. The van der Waals surface area contributed by atoms with Crippen LogP contribution in [0, 0.1) is 0 Å². The molecule has 27 heavy (non-hydrogen) atoms. The minimum absolute atomic E-state index is 0.0710. The molecule has 2 N–H and O–H groups in total. The highest BCUT2D eigenvalue weighted by Gasteiger charge is 2.34. The van der Waals surface area contributed by atoms with Crippen molar-refractivity contribution < 1.29 is 4.74 Å². The molecule has 0 unspecified atom stereocenters.